The van der Waals surface area contributed by atoms with E-state index in [9.17, 15) is 35.2 Å². The molecule has 3 aromatic carbocycles. The van der Waals surface area contributed by atoms with Crippen molar-refractivity contribution in [3.8, 4) is 16.3 Å². The van der Waals surface area contributed by atoms with Crippen LogP contribution in [-0.4, -0.2) is 24.5 Å². The van der Waals surface area contributed by atoms with Gasteiger partial charge in [0, 0.05) is 5.56 Å². The summed E-state index contributed by atoms with van der Waals surface area (Å²) in [5.41, 5.74) is -1.33. The minimum absolute atomic E-state index is 0.0390. The van der Waals surface area contributed by atoms with E-state index in [0.29, 0.717) is 17.7 Å². The number of rotatable bonds is 6. The van der Waals surface area contributed by atoms with Gasteiger partial charge in [0.2, 0.25) is 5.13 Å². The number of nitrogens with zero attached hydrogens (tertiary/aromatic N) is 2. The highest BCUT2D eigenvalue weighted by molar-refractivity contribution is 7.87. The van der Waals surface area contributed by atoms with E-state index in [2.05, 4.69) is 15.5 Å². The second kappa shape index (κ2) is 9.62. The molecule has 0 atom stereocenters. The van der Waals surface area contributed by atoms with Crippen molar-refractivity contribution in [3.05, 3.63) is 89.5 Å². The van der Waals surface area contributed by atoms with Crippen LogP contribution in [0.3, 0.4) is 0 Å². The number of amides is 1. The van der Waals surface area contributed by atoms with Gasteiger partial charge in [0.25, 0.3) is 5.91 Å². The quantitative estimate of drug-likeness (QED) is 0.255. The zero-order chi connectivity index (χ0) is 26.1. The maximum Gasteiger partial charge on any atom is 0.416 e. The summed E-state index contributed by atoms with van der Waals surface area (Å²) in [7, 11) is -4.40. The highest BCUT2D eigenvalue weighted by atomic mass is 32.2. The van der Waals surface area contributed by atoms with Crippen molar-refractivity contribution in [2.45, 2.75) is 11.1 Å². The molecule has 0 aliphatic rings. The van der Waals surface area contributed by atoms with E-state index in [1.165, 1.54) is 24.3 Å². The number of aromatic nitrogens is 2. The summed E-state index contributed by atoms with van der Waals surface area (Å²) in [4.78, 5) is 11.7. The van der Waals surface area contributed by atoms with Crippen molar-refractivity contribution < 1.29 is 39.3 Å². The van der Waals surface area contributed by atoms with Crippen LogP contribution >= 0.6 is 11.3 Å². The Kier molecular flexibility index (Phi) is 6.73. The molecule has 0 radical (unpaired) electrons. The molecule has 1 N–H and O–H groups in total. The van der Waals surface area contributed by atoms with Crippen LogP contribution in [0.1, 0.15) is 15.9 Å². The average molecular weight is 541 g/mol. The maximum atomic E-state index is 13.8. The van der Waals surface area contributed by atoms with Gasteiger partial charge in [-0.05, 0) is 60.7 Å². The third-order valence-corrected chi connectivity index (χ3v) is 6.76. The maximum absolute atomic E-state index is 13.8. The number of hydrogen-bond donors (Lipinski definition) is 1. The summed E-state index contributed by atoms with van der Waals surface area (Å²) in [6.07, 6.45) is -4.61. The largest absolute Gasteiger partial charge is 0.416 e. The van der Waals surface area contributed by atoms with Gasteiger partial charge in [0.1, 0.15) is 32.9 Å². The SMILES string of the molecule is O=C(Nc1nnc(-c2ccc(OS(=O)(=O)c3ccc(C(F)(F)F)cc3)cc2)s1)c1c(F)cccc1F. The highest BCUT2D eigenvalue weighted by Crippen LogP contribution is 2.31. The number of benzene rings is 3. The van der Waals surface area contributed by atoms with Crippen LogP contribution in [0.15, 0.2) is 71.6 Å². The summed E-state index contributed by atoms with van der Waals surface area (Å²) < 4.78 is 95.3. The number of halogens is 5. The lowest BCUT2D eigenvalue weighted by atomic mass is 10.2. The van der Waals surface area contributed by atoms with Crippen LogP contribution in [0.4, 0.5) is 27.1 Å². The number of anilines is 1. The lowest BCUT2D eigenvalue weighted by Gasteiger charge is -2.09. The summed E-state index contributed by atoms with van der Waals surface area (Å²) >= 11 is 0.890. The number of carbonyl (C=O) groups excluding carboxylic acids is 1. The Bertz CT molecular complexity index is 1500. The second-order valence-corrected chi connectivity index (χ2v) is 9.57. The van der Waals surface area contributed by atoms with Crippen LogP contribution in [-0.2, 0) is 16.3 Å². The molecule has 0 aliphatic heterocycles. The van der Waals surface area contributed by atoms with Gasteiger partial charge in [-0.3, -0.25) is 10.1 Å². The molecule has 0 unspecified atom stereocenters. The van der Waals surface area contributed by atoms with Crippen molar-refractivity contribution in [1.29, 1.82) is 0 Å². The van der Waals surface area contributed by atoms with Crippen LogP contribution < -0.4 is 9.50 Å². The molecule has 36 heavy (non-hydrogen) atoms. The van der Waals surface area contributed by atoms with Crippen LogP contribution in [0.5, 0.6) is 5.75 Å². The Hall–Kier alpha value is -3.91. The van der Waals surface area contributed by atoms with Crippen molar-refractivity contribution in [2.75, 3.05) is 5.32 Å². The van der Waals surface area contributed by atoms with Gasteiger partial charge in [0.15, 0.2) is 0 Å². The molecule has 0 saturated heterocycles. The zero-order valence-corrected chi connectivity index (χ0v) is 19.2. The number of carbonyl (C=O) groups is 1. The van der Waals surface area contributed by atoms with E-state index in [4.69, 9.17) is 4.18 Å². The average Bonchev–Trinajstić information content (AvgIpc) is 3.27. The fraction of sp³-hybridized carbons (Fsp3) is 0.0455. The molecule has 1 heterocycles. The number of alkyl halides is 3. The van der Waals surface area contributed by atoms with E-state index in [0.717, 1.165) is 41.7 Å². The second-order valence-electron chi connectivity index (χ2n) is 7.05. The van der Waals surface area contributed by atoms with Crippen molar-refractivity contribution in [3.63, 3.8) is 0 Å². The molecule has 0 spiro atoms. The fourth-order valence-corrected chi connectivity index (χ4v) is 4.58. The Morgan fingerprint density at radius 3 is 2.08 bits per heavy atom. The molecule has 0 bridgehead atoms. The Balaban J connectivity index is 1.45. The van der Waals surface area contributed by atoms with E-state index in [-0.39, 0.29) is 15.9 Å². The molecule has 186 valence electrons. The number of nitrogens with one attached hydrogen (secondary N) is 1. The van der Waals surface area contributed by atoms with Gasteiger partial charge in [0.05, 0.1) is 5.56 Å². The van der Waals surface area contributed by atoms with Gasteiger partial charge >= 0.3 is 16.3 Å². The van der Waals surface area contributed by atoms with Crippen LogP contribution in [0.25, 0.3) is 10.6 Å². The third kappa shape index (κ3) is 5.49. The Labute approximate surface area is 204 Å². The molecule has 7 nitrogen and oxygen atoms in total. The lowest BCUT2D eigenvalue weighted by Crippen LogP contribution is -2.15. The molecule has 0 fully saturated rings. The van der Waals surface area contributed by atoms with E-state index in [1.807, 2.05) is 0 Å². The first-order valence-electron chi connectivity index (χ1n) is 9.75. The highest BCUT2D eigenvalue weighted by Gasteiger charge is 2.31. The predicted molar refractivity (Wildman–Crippen MR) is 119 cm³/mol. The van der Waals surface area contributed by atoms with E-state index in [1.54, 1.807) is 0 Å². The smallest absolute Gasteiger partial charge is 0.379 e. The molecular weight excluding hydrogens is 529 g/mol. The Morgan fingerprint density at radius 2 is 1.50 bits per heavy atom. The topological polar surface area (TPSA) is 98.2 Å². The molecule has 4 aromatic rings. The summed E-state index contributed by atoms with van der Waals surface area (Å²) in [6.45, 7) is 0. The van der Waals surface area contributed by atoms with Gasteiger partial charge in [-0.15, -0.1) is 10.2 Å². The first-order chi connectivity index (χ1) is 16.9. The molecule has 0 saturated carbocycles. The molecule has 1 aromatic heterocycles. The third-order valence-electron chi connectivity index (χ3n) is 4.61. The van der Waals surface area contributed by atoms with Crippen LogP contribution in [0, 0.1) is 11.6 Å². The standard InChI is InChI=1S/C22H12F5N3O4S2/c23-16-2-1-3-17(24)18(16)19(31)28-21-30-29-20(35-21)12-4-8-14(9-5-12)34-36(32,33)15-10-6-13(7-11-15)22(25,26)27/h1-11H,(H,28,30,31). The summed E-state index contributed by atoms with van der Waals surface area (Å²) in [5, 5.41) is 10.1. The minimum atomic E-state index is -4.61. The summed E-state index contributed by atoms with van der Waals surface area (Å²) in [6, 6.07) is 11.3. The lowest BCUT2D eigenvalue weighted by molar-refractivity contribution is -0.137. The van der Waals surface area contributed by atoms with Gasteiger partial charge in [-0.2, -0.15) is 21.6 Å². The molecule has 4 rings (SSSR count). The monoisotopic (exact) mass is 541 g/mol. The summed E-state index contributed by atoms with van der Waals surface area (Å²) in [5.74, 6) is -3.25. The normalized spacial score (nSPS) is 11.8. The molecule has 14 heteroatoms. The molecular formula is C22H12F5N3O4S2. The van der Waals surface area contributed by atoms with Crippen molar-refractivity contribution >= 4 is 32.5 Å². The van der Waals surface area contributed by atoms with Crippen LogP contribution in [0.2, 0.25) is 0 Å². The van der Waals surface area contributed by atoms with E-state index >= 15 is 0 Å². The van der Waals surface area contributed by atoms with Gasteiger partial charge in [-0.25, -0.2) is 8.78 Å². The zero-order valence-electron chi connectivity index (χ0n) is 17.6. The predicted octanol–water partition coefficient (Wildman–Crippen LogP) is 5.52. The first kappa shape index (κ1) is 25.2. The Morgan fingerprint density at radius 1 is 0.889 bits per heavy atom. The number of hydrogen-bond acceptors (Lipinski definition) is 7. The molecule has 1 amide bonds. The van der Waals surface area contributed by atoms with Gasteiger partial charge < -0.3 is 4.18 Å². The van der Waals surface area contributed by atoms with Crippen molar-refractivity contribution in [2.24, 2.45) is 0 Å². The van der Waals surface area contributed by atoms with Crippen molar-refractivity contribution in [1.82, 2.24) is 10.2 Å². The molecule has 0 aliphatic carbocycles. The van der Waals surface area contributed by atoms with Gasteiger partial charge in [-0.1, -0.05) is 17.4 Å². The first-order valence-corrected chi connectivity index (χ1v) is 12.0. The fourth-order valence-electron chi connectivity index (χ4n) is 2.90. The van der Waals surface area contributed by atoms with E-state index < -0.39 is 49.9 Å². The minimum Gasteiger partial charge on any atom is -0.379 e.